The summed E-state index contributed by atoms with van der Waals surface area (Å²) in [6, 6.07) is 28.4. The van der Waals surface area contributed by atoms with Crippen LogP contribution in [0.5, 0.6) is 0 Å². The fourth-order valence-corrected chi connectivity index (χ4v) is 5.60. The molecular formula is C28H20N2O. The first-order chi connectivity index (χ1) is 15.1. The highest BCUT2D eigenvalue weighted by Gasteiger charge is 2.37. The lowest BCUT2D eigenvalue weighted by atomic mass is 9.80. The van der Waals surface area contributed by atoms with Crippen molar-refractivity contribution < 1.29 is 4.42 Å². The predicted molar refractivity (Wildman–Crippen MR) is 126 cm³/mol. The number of hydrogen-bond acceptors (Lipinski definition) is 2. The first-order valence-corrected chi connectivity index (χ1v) is 10.6. The van der Waals surface area contributed by atoms with Crippen LogP contribution in [0, 0.1) is 0 Å². The third-order valence-corrected chi connectivity index (χ3v) is 6.93. The van der Waals surface area contributed by atoms with Gasteiger partial charge in [0, 0.05) is 21.9 Å². The summed E-state index contributed by atoms with van der Waals surface area (Å²) in [7, 11) is 0. The van der Waals surface area contributed by atoms with Crippen molar-refractivity contribution >= 4 is 32.9 Å². The van der Waals surface area contributed by atoms with Gasteiger partial charge in [-0.15, -0.1) is 0 Å². The Bertz CT molecular complexity index is 1670. The molecule has 0 spiro atoms. The van der Waals surface area contributed by atoms with Gasteiger partial charge in [-0.05, 0) is 52.6 Å². The van der Waals surface area contributed by atoms with Crippen LogP contribution in [0.15, 0.2) is 89.7 Å². The van der Waals surface area contributed by atoms with E-state index < -0.39 is 0 Å². The molecule has 0 unspecified atom stereocenters. The van der Waals surface area contributed by atoms with Crippen LogP contribution in [-0.2, 0) is 5.41 Å². The van der Waals surface area contributed by atoms with Gasteiger partial charge in [0.25, 0.3) is 0 Å². The van der Waals surface area contributed by atoms with Crippen molar-refractivity contribution in [2.24, 2.45) is 0 Å². The zero-order valence-corrected chi connectivity index (χ0v) is 17.4. The summed E-state index contributed by atoms with van der Waals surface area (Å²) >= 11 is 0. The molecule has 0 fully saturated rings. The van der Waals surface area contributed by atoms with Crippen LogP contribution in [0.3, 0.4) is 0 Å². The van der Waals surface area contributed by atoms with Gasteiger partial charge in [0.1, 0.15) is 5.52 Å². The minimum atomic E-state index is -0.0591. The van der Waals surface area contributed by atoms with Crippen molar-refractivity contribution in [3.8, 4) is 16.8 Å². The summed E-state index contributed by atoms with van der Waals surface area (Å²) in [5, 5.41) is 2.63. The topological polar surface area (TPSA) is 31.0 Å². The molecule has 0 N–H and O–H groups in total. The first-order valence-electron chi connectivity index (χ1n) is 10.6. The summed E-state index contributed by atoms with van der Waals surface area (Å²) in [5.74, 6) is 0. The Morgan fingerprint density at radius 1 is 0.806 bits per heavy atom. The SMILES string of the molecule is CC1(C)c2ccccc2-c2ccc3c(c21)c1ccccc1n3-c1ccc2ocnc2c1. The van der Waals surface area contributed by atoms with Gasteiger partial charge in [-0.1, -0.05) is 62.4 Å². The van der Waals surface area contributed by atoms with E-state index in [0.29, 0.717) is 0 Å². The third kappa shape index (κ3) is 2.05. The number of oxazole rings is 1. The highest BCUT2D eigenvalue weighted by atomic mass is 16.3. The Labute approximate surface area is 179 Å². The molecule has 0 aliphatic heterocycles. The molecule has 0 bridgehead atoms. The Morgan fingerprint density at radius 3 is 2.58 bits per heavy atom. The van der Waals surface area contributed by atoms with Gasteiger partial charge in [-0.2, -0.15) is 0 Å². The molecule has 3 heteroatoms. The van der Waals surface area contributed by atoms with Crippen molar-refractivity contribution in [3.63, 3.8) is 0 Å². The molecule has 0 saturated carbocycles. The number of rotatable bonds is 1. The van der Waals surface area contributed by atoms with E-state index in [-0.39, 0.29) is 5.41 Å². The van der Waals surface area contributed by atoms with E-state index >= 15 is 0 Å². The average Bonchev–Trinajstić information content (AvgIpc) is 3.45. The summed E-state index contributed by atoms with van der Waals surface area (Å²) in [5.41, 5.74) is 10.7. The Balaban J connectivity index is 1.65. The maximum atomic E-state index is 5.47. The lowest BCUT2D eigenvalue weighted by Gasteiger charge is -2.22. The van der Waals surface area contributed by atoms with Crippen molar-refractivity contribution in [2.75, 3.05) is 0 Å². The van der Waals surface area contributed by atoms with E-state index in [2.05, 4.69) is 96.2 Å². The molecule has 0 amide bonds. The molecule has 1 aliphatic carbocycles. The van der Waals surface area contributed by atoms with Gasteiger partial charge in [0.05, 0.1) is 11.0 Å². The van der Waals surface area contributed by atoms with E-state index in [9.17, 15) is 0 Å². The second kappa shape index (κ2) is 5.64. The van der Waals surface area contributed by atoms with Gasteiger partial charge in [0.2, 0.25) is 0 Å². The van der Waals surface area contributed by atoms with Crippen LogP contribution in [0.4, 0.5) is 0 Å². The zero-order valence-electron chi connectivity index (χ0n) is 17.4. The molecule has 31 heavy (non-hydrogen) atoms. The van der Waals surface area contributed by atoms with Gasteiger partial charge in [-0.25, -0.2) is 4.98 Å². The van der Waals surface area contributed by atoms with Gasteiger partial charge < -0.3 is 8.98 Å². The predicted octanol–water partition coefficient (Wildman–Crippen LogP) is 7.23. The first kappa shape index (κ1) is 16.9. The molecule has 6 aromatic rings. The molecule has 0 atom stereocenters. The van der Waals surface area contributed by atoms with Gasteiger partial charge in [-0.3, -0.25) is 0 Å². The van der Waals surface area contributed by atoms with E-state index in [1.807, 2.05) is 6.07 Å². The highest BCUT2D eigenvalue weighted by Crippen LogP contribution is 2.53. The van der Waals surface area contributed by atoms with Crippen LogP contribution in [-0.4, -0.2) is 9.55 Å². The van der Waals surface area contributed by atoms with Crippen LogP contribution in [0.1, 0.15) is 25.0 Å². The van der Waals surface area contributed by atoms with Crippen molar-refractivity contribution in [1.29, 1.82) is 0 Å². The monoisotopic (exact) mass is 400 g/mol. The largest absolute Gasteiger partial charge is 0.443 e. The molecule has 4 aromatic carbocycles. The normalized spacial score (nSPS) is 14.4. The fraction of sp³-hybridized carbons (Fsp3) is 0.107. The maximum absolute atomic E-state index is 5.47. The average molecular weight is 400 g/mol. The Kier molecular flexibility index (Phi) is 3.07. The third-order valence-electron chi connectivity index (χ3n) is 6.93. The summed E-state index contributed by atoms with van der Waals surface area (Å²) in [6.45, 7) is 4.70. The van der Waals surface area contributed by atoms with E-state index in [1.165, 1.54) is 50.5 Å². The highest BCUT2D eigenvalue weighted by molar-refractivity contribution is 6.14. The number of fused-ring (bicyclic) bond motifs is 8. The van der Waals surface area contributed by atoms with Gasteiger partial charge >= 0.3 is 0 Å². The smallest absolute Gasteiger partial charge is 0.181 e. The number of para-hydroxylation sites is 1. The van der Waals surface area contributed by atoms with Crippen molar-refractivity contribution in [2.45, 2.75) is 19.3 Å². The quantitative estimate of drug-likeness (QED) is 0.291. The number of aromatic nitrogens is 2. The lowest BCUT2D eigenvalue weighted by molar-refractivity contribution is 0.602. The fourth-order valence-electron chi connectivity index (χ4n) is 5.60. The molecule has 2 heterocycles. The molecule has 3 nitrogen and oxygen atoms in total. The van der Waals surface area contributed by atoms with E-state index in [1.54, 1.807) is 0 Å². The van der Waals surface area contributed by atoms with Crippen LogP contribution >= 0.6 is 0 Å². The molecule has 7 rings (SSSR count). The molecule has 0 radical (unpaired) electrons. The minimum absolute atomic E-state index is 0.0591. The van der Waals surface area contributed by atoms with Crippen molar-refractivity contribution in [1.82, 2.24) is 9.55 Å². The number of benzene rings is 4. The minimum Gasteiger partial charge on any atom is -0.443 e. The zero-order chi connectivity index (χ0) is 20.7. The molecule has 148 valence electrons. The van der Waals surface area contributed by atoms with Crippen molar-refractivity contribution in [3.05, 3.63) is 96.4 Å². The lowest BCUT2D eigenvalue weighted by Crippen LogP contribution is -2.15. The molecule has 2 aromatic heterocycles. The van der Waals surface area contributed by atoms with Gasteiger partial charge in [0.15, 0.2) is 12.0 Å². The molecular weight excluding hydrogens is 380 g/mol. The number of nitrogens with zero attached hydrogens (tertiary/aromatic N) is 2. The molecule has 0 saturated heterocycles. The second-order valence-corrected chi connectivity index (χ2v) is 8.91. The summed E-state index contributed by atoms with van der Waals surface area (Å²) in [4.78, 5) is 4.38. The summed E-state index contributed by atoms with van der Waals surface area (Å²) in [6.07, 6.45) is 1.51. The van der Waals surface area contributed by atoms with E-state index in [0.717, 1.165) is 16.8 Å². The van der Waals surface area contributed by atoms with E-state index in [4.69, 9.17) is 4.42 Å². The summed E-state index contributed by atoms with van der Waals surface area (Å²) < 4.78 is 7.83. The van der Waals surface area contributed by atoms with Crippen LogP contribution in [0.2, 0.25) is 0 Å². The second-order valence-electron chi connectivity index (χ2n) is 8.91. The number of hydrogen-bond donors (Lipinski definition) is 0. The Morgan fingerprint density at radius 2 is 1.65 bits per heavy atom. The van der Waals surface area contributed by atoms with Crippen LogP contribution < -0.4 is 0 Å². The standard InChI is InChI=1S/C28H20N2O/c1-28(2)21-9-5-3-7-18(21)19-12-13-24-26(27(19)28)20-8-4-6-10-23(20)30(24)17-11-14-25-22(15-17)29-16-31-25/h3-16H,1-2H3. The molecule has 1 aliphatic rings. The Hall–Kier alpha value is -3.85. The van der Waals surface area contributed by atoms with Crippen LogP contribution in [0.25, 0.3) is 49.7 Å². The maximum Gasteiger partial charge on any atom is 0.181 e.